The summed E-state index contributed by atoms with van der Waals surface area (Å²) in [5.41, 5.74) is 4.27. The molecule has 0 aliphatic heterocycles. The Hall–Kier alpha value is -1.26. The predicted molar refractivity (Wildman–Crippen MR) is 71.2 cm³/mol. The standard InChI is InChI=1S/C13H17N3S/c1-3-10-4-5-11(16-7-10)6-12(14-2)13-8-15-9-17-13/h4-5,7-9,12,14H,3,6H2,1-2H3. The fourth-order valence-corrected chi connectivity index (χ4v) is 2.47. The molecule has 4 heteroatoms. The summed E-state index contributed by atoms with van der Waals surface area (Å²) in [5, 5.41) is 3.31. The average molecular weight is 247 g/mol. The van der Waals surface area contributed by atoms with E-state index in [1.54, 1.807) is 11.3 Å². The molecule has 1 unspecified atom stereocenters. The molecular weight excluding hydrogens is 230 g/mol. The van der Waals surface area contributed by atoms with Crippen LogP contribution in [-0.2, 0) is 12.8 Å². The molecule has 0 aliphatic carbocycles. The number of hydrogen-bond acceptors (Lipinski definition) is 4. The highest BCUT2D eigenvalue weighted by Gasteiger charge is 2.12. The molecule has 2 aromatic heterocycles. The molecule has 0 aliphatic rings. The molecule has 17 heavy (non-hydrogen) atoms. The van der Waals surface area contributed by atoms with Crippen LogP contribution in [0.25, 0.3) is 0 Å². The zero-order valence-corrected chi connectivity index (χ0v) is 11.0. The molecule has 0 radical (unpaired) electrons. The van der Waals surface area contributed by atoms with E-state index >= 15 is 0 Å². The second-order valence-corrected chi connectivity index (χ2v) is 4.88. The first kappa shape index (κ1) is 12.2. The predicted octanol–water partition coefficient (Wildman–Crippen LogP) is 2.60. The van der Waals surface area contributed by atoms with Gasteiger partial charge < -0.3 is 5.32 Å². The maximum Gasteiger partial charge on any atom is 0.0794 e. The van der Waals surface area contributed by atoms with Crippen molar-refractivity contribution in [1.82, 2.24) is 15.3 Å². The number of pyridine rings is 1. The highest BCUT2D eigenvalue weighted by Crippen LogP contribution is 2.20. The summed E-state index contributed by atoms with van der Waals surface area (Å²) in [6.07, 6.45) is 5.83. The van der Waals surface area contributed by atoms with E-state index in [1.807, 2.05) is 25.0 Å². The first-order valence-electron chi connectivity index (χ1n) is 5.83. The van der Waals surface area contributed by atoms with Crippen LogP contribution in [0.2, 0.25) is 0 Å². The minimum atomic E-state index is 0.308. The van der Waals surface area contributed by atoms with Crippen molar-refractivity contribution in [3.8, 4) is 0 Å². The van der Waals surface area contributed by atoms with Gasteiger partial charge in [-0.25, -0.2) is 0 Å². The van der Waals surface area contributed by atoms with Crippen molar-refractivity contribution in [3.05, 3.63) is 46.2 Å². The third kappa shape index (κ3) is 3.11. The zero-order chi connectivity index (χ0) is 12.1. The Kier molecular flexibility index (Phi) is 4.23. The van der Waals surface area contributed by atoms with E-state index in [2.05, 4.69) is 34.3 Å². The maximum atomic E-state index is 4.49. The molecular formula is C13H17N3S. The van der Waals surface area contributed by atoms with Crippen molar-refractivity contribution in [2.75, 3.05) is 7.05 Å². The van der Waals surface area contributed by atoms with E-state index in [0.717, 1.165) is 18.5 Å². The number of nitrogens with one attached hydrogen (secondary N) is 1. The van der Waals surface area contributed by atoms with Gasteiger partial charge in [0, 0.05) is 35.4 Å². The van der Waals surface area contributed by atoms with Crippen molar-refractivity contribution in [3.63, 3.8) is 0 Å². The summed E-state index contributed by atoms with van der Waals surface area (Å²) in [6.45, 7) is 2.14. The van der Waals surface area contributed by atoms with Crippen LogP contribution in [0, 0.1) is 0 Å². The largest absolute Gasteiger partial charge is 0.312 e. The van der Waals surface area contributed by atoms with E-state index in [-0.39, 0.29) is 0 Å². The highest BCUT2D eigenvalue weighted by atomic mass is 32.1. The van der Waals surface area contributed by atoms with E-state index in [4.69, 9.17) is 0 Å². The Morgan fingerprint density at radius 2 is 2.24 bits per heavy atom. The van der Waals surface area contributed by atoms with Gasteiger partial charge in [0.05, 0.1) is 5.51 Å². The molecule has 2 aromatic rings. The number of aryl methyl sites for hydroxylation is 1. The second kappa shape index (κ2) is 5.89. The molecule has 1 N–H and O–H groups in total. The van der Waals surface area contributed by atoms with Crippen LogP contribution < -0.4 is 5.32 Å². The van der Waals surface area contributed by atoms with Gasteiger partial charge in [0.1, 0.15) is 0 Å². The van der Waals surface area contributed by atoms with Crippen LogP contribution >= 0.6 is 11.3 Å². The number of aromatic nitrogens is 2. The SMILES string of the molecule is CCc1ccc(CC(NC)c2cncs2)nc1. The molecule has 0 saturated heterocycles. The molecule has 0 aromatic carbocycles. The first-order valence-corrected chi connectivity index (χ1v) is 6.71. The molecule has 90 valence electrons. The summed E-state index contributed by atoms with van der Waals surface area (Å²) in [7, 11) is 1.98. The lowest BCUT2D eigenvalue weighted by atomic mass is 10.1. The van der Waals surface area contributed by atoms with Gasteiger partial charge in [-0.15, -0.1) is 11.3 Å². The average Bonchev–Trinajstić information content (AvgIpc) is 2.90. The monoisotopic (exact) mass is 247 g/mol. The minimum Gasteiger partial charge on any atom is -0.312 e. The van der Waals surface area contributed by atoms with Crippen molar-refractivity contribution in [1.29, 1.82) is 0 Å². The van der Waals surface area contributed by atoms with E-state index < -0.39 is 0 Å². The lowest BCUT2D eigenvalue weighted by molar-refractivity contribution is 0.593. The van der Waals surface area contributed by atoms with Gasteiger partial charge in [-0.3, -0.25) is 9.97 Å². The summed E-state index contributed by atoms with van der Waals surface area (Å²) in [6, 6.07) is 4.58. The maximum absolute atomic E-state index is 4.49. The quantitative estimate of drug-likeness (QED) is 0.882. The number of likely N-dealkylation sites (N-methyl/N-ethyl adjacent to an activating group) is 1. The van der Waals surface area contributed by atoms with Crippen LogP contribution in [0.4, 0.5) is 0 Å². The molecule has 0 amide bonds. The molecule has 2 heterocycles. The van der Waals surface area contributed by atoms with E-state index in [9.17, 15) is 0 Å². The van der Waals surface area contributed by atoms with Gasteiger partial charge in [-0.05, 0) is 25.1 Å². The minimum absolute atomic E-state index is 0.308. The third-order valence-corrected chi connectivity index (χ3v) is 3.74. The number of thiazole rings is 1. The van der Waals surface area contributed by atoms with Crippen molar-refractivity contribution in [2.45, 2.75) is 25.8 Å². The molecule has 2 rings (SSSR count). The summed E-state index contributed by atoms with van der Waals surface area (Å²) >= 11 is 1.68. The van der Waals surface area contributed by atoms with Gasteiger partial charge in [0.2, 0.25) is 0 Å². The van der Waals surface area contributed by atoms with Gasteiger partial charge in [-0.1, -0.05) is 13.0 Å². The van der Waals surface area contributed by atoms with Crippen LogP contribution in [0.3, 0.4) is 0 Å². The second-order valence-electron chi connectivity index (χ2n) is 3.96. The van der Waals surface area contributed by atoms with Crippen LogP contribution in [0.5, 0.6) is 0 Å². The van der Waals surface area contributed by atoms with Crippen molar-refractivity contribution >= 4 is 11.3 Å². The van der Waals surface area contributed by atoms with Gasteiger partial charge >= 0.3 is 0 Å². The molecule has 3 nitrogen and oxygen atoms in total. The zero-order valence-electron chi connectivity index (χ0n) is 10.2. The lowest BCUT2D eigenvalue weighted by Crippen LogP contribution is -2.18. The molecule has 0 fully saturated rings. The Balaban J connectivity index is 2.07. The van der Waals surface area contributed by atoms with Crippen LogP contribution in [0.1, 0.15) is 29.1 Å². The van der Waals surface area contributed by atoms with Crippen LogP contribution in [-0.4, -0.2) is 17.0 Å². The molecule has 0 saturated carbocycles. The van der Waals surface area contributed by atoms with E-state index in [0.29, 0.717) is 6.04 Å². The normalized spacial score (nSPS) is 12.6. The number of rotatable bonds is 5. The smallest absolute Gasteiger partial charge is 0.0794 e. The molecule has 0 bridgehead atoms. The Morgan fingerprint density at radius 3 is 2.76 bits per heavy atom. The molecule has 1 atom stereocenters. The van der Waals surface area contributed by atoms with Gasteiger partial charge in [0.15, 0.2) is 0 Å². The molecule has 0 spiro atoms. The summed E-state index contributed by atoms with van der Waals surface area (Å²) in [4.78, 5) is 9.87. The van der Waals surface area contributed by atoms with Crippen LogP contribution in [0.15, 0.2) is 30.0 Å². The Labute approximate surface area is 106 Å². The fraction of sp³-hybridized carbons (Fsp3) is 0.385. The Morgan fingerprint density at radius 1 is 1.35 bits per heavy atom. The fourth-order valence-electron chi connectivity index (χ4n) is 1.74. The van der Waals surface area contributed by atoms with E-state index in [1.165, 1.54) is 10.4 Å². The van der Waals surface area contributed by atoms with Crippen molar-refractivity contribution < 1.29 is 0 Å². The number of hydrogen-bond donors (Lipinski definition) is 1. The lowest BCUT2D eigenvalue weighted by Gasteiger charge is -2.13. The third-order valence-electron chi connectivity index (χ3n) is 2.85. The summed E-state index contributed by atoms with van der Waals surface area (Å²) < 4.78 is 0. The highest BCUT2D eigenvalue weighted by molar-refractivity contribution is 7.09. The topological polar surface area (TPSA) is 37.8 Å². The number of nitrogens with zero attached hydrogens (tertiary/aromatic N) is 2. The van der Waals surface area contributed by atoms with Gasteiger partial charge in [-0.2, -0.15) is 0 Å². The van der Waals surface area contributed by atoms with Crippen molar-refractivity contribution in [2.24, 2.45) is 0 Å². The Bertz CT molecular complexity index is 436. The first-order chi connectivity index (χ1) is 8.33. The van der Waals surface area contributed by atoms with Gasteiger partial charge in [0.25, 0.3) is 0 Å². The summed E-state index contributed by atoms with van der Waals surface area (Å²) in [5.74, 6) is 0.